The van der Waals surface area contributed by atoms with Crippen molar-refractivity contribution in [2.75, 3.05) is 0 Å². The van der Waals surface area contributed by atoms with Gasteiger partial charge >= 0.3 is 0 Å². The first kappa shape index (κ1) is 10.7. The minimum absolute atomic E-state index is 0.322. The van der Waals surface area contributed by atoms with Crippen molar-refractivity contribution in [3.05, 3.63) is 18.2 Å². The first-order valence-electron chi connectivity index (χ1n) is 5.90. The third-order valence-electron chi connectivity index (χ3n) is 3.40. The molecule has 0 saturated heterocycles. The summed E-state index contributed by atoms with van der Waals surface area (Å²) in [6.07, 6.45) is 8.14. The Labute approximate surface area is 91.1 Å². The Morgan fingerprint density at radius 3 is 2.67 bits per heavy atom. The van der Waals surface area contributed by atoms with Crippen molar-refractivity contribution in [3.63, 3.8) is 0 Å². The number of imidazole rings is 1. The summed E-state index contributed by atoms with van der Waals surface area (Å²) in [5.41, 5.74) is 0.983. The number of nitrogens with zero attached hydrogens (tertiary/aromatic N) is 2. The Morgan fingerprint density at radius 2 is 2.07 bits per heavy atom. The van der Waals surface area contributed by atoms with E-state index in [4.69, 9.17) is 0 Å². The molecule has 2 rings (SSSR count). The molecular weight excluding hydrogens is 188 g/mol. The highest BCUT2D eigenvalue weighted by atomic mass is 16.3. The zero-order valence-corrected chi connectivity index (χ0v) is 9.56. The molecule has 0 bridgehead atoms. The van der Waals surface area contributed by atoms with Gasteiger partial charge in [0.2, 0.25) is 0 Å². The Morgan fingerprint density at radius 1 is 1.40 bits per heavy atom. The molecule has 1 aromatic rings. The second-order valence-corrected chi connectivity index (χ2v) is 4.81. The molecule has 0 amide bonds. The van der Waals surface area contributed by atoms with Crippen LogP contribution in [0.25, 0.3) is 0 Å². The van der Waals surface area contributed by atoms with E-state index in [1.165, 1.54) is 12.8 Å². The van der Waals surface area contributed by atoms with Crippen LogP contribution in [-0.2, 0) is 0 Å². The summed E-state index contributed by atoms with van der Waals surface area (Å²) < 4.78 is 2.07. The Kier molecular flexibility index (Phi) is 3.10. The fourth-order valence-electron chi connectivity index (χ4n) is 2.49. The van der Waals surface area contributed by atoms with Gasteiger partial charge in [0.05, 0.1) is 24.3 Å². The normalized spacial score (nSPS) is 20.0. The second kappa shape index (κ2) is 4.35. The molecule has 1 atom stereocenters. The molecule has 1 saturated carbocycles. The molecule has 1 unspecified atom stereocenters. The number of rotatable bonds is 3. The maximum Gasteiger partial charge on any atom is 0.0983 e. The van der Waals surface area contributed by atoms with Crippen molar-refractivity contribution in [2.45, 2.75) is 51.7 Å². The van der Waals surface area contributed by atoms with Gasteiger partial charge in [-0.15, -0.1) is 0 Å². The van der Waals surface area contributed by atoms with Crippen LogP contribution in [0, 0.1) is 5.92 Å². The highest BCUT2D eigenvalue weighted by Gasteiger charge is 2.26. The summed E-state index contributed by atoms with van der Waals surface area (Å²) in [4.78, 5) is 4.14. The van der Waals surface area contributed by atoms with Crippen LogP contribution in [0.15, 0.2) is 12.5 Å². The highest BCUT2D eigenvalue weighted by molar-refractivity contribution is 5.06. The first-order valence-corrected chi connectivity index (χ1v) is 5.90. The van der Waals surface area contributed by atoms with E-state index in [1.54, 1.807) is 0 Å². The van der Waals surface area contributed by atoms with Crippen molar-refractivity contribution in [1.29, 1.82) is 0 Å². The predicted octanol–water partition coefficient (Wildman–Crippen LogP) is 2.69. The van der Waals surface area contributed by atoms with Gasteiger partial charge in [0.25, 0.3) is 0 Å². The fourth-order valence-corrected chi connectivity index (χ4v) is 2.49. The molecule has 0 aliphatic heterocycles. The van der Waals surface area contributed by atoms with E-state index in [-0.39, 0.29) is 6.10 Å². The molecule has 1 aliphatic carbocycles. The maximum absolute atomic E-state index is 10.3. The van der Waals surface area contributed by atoms with Crippen molar-refractivity contribution in [2.24, 2.45) is 5.92 Å². The van der Waals surface area contributed by atoms with Crippen molar-refractivity contribution in [1.82, 2.24) is 9.55 Å². The van der Waals surface area contributed by atoms with Crippen LogP contribution >= 0.6 is 0 Å². The quantitative estimate of drug-likeness (QED) is 0.829. The second-order valence-electron chi connectivity index (χ2n) is 4.81. The topological polar surface area (TPSA) is 38.0 Å². The maximum atomic E-state index is 10.3. The summed E-state index contributed by atoms with van der Waals surface area (Å²) >= 11 is 0. The lowest BCUT2D eigenvalue weighted by Crippen LogP contribution is -2.15. The molecule has 15 heavy (non-hydrogen) atoms. The van der Waals surface area contributed by atoms with Crippen LogP contribution in [0.1, 0.15) is 57.4 Å². The lowest BCUT2D eigenvalue weighted by molar-refractivity contribution is 0.102. The number of aliphatic hydroxyl groups is 1. The van der Waals surface area contributed by atoms with E-state index in [2.05, 4.69) is 23.4 Å². The molecule has 1 aromatic heterocycles. The molecule has 0 spiro atoms. The van der Waals surface area contributed by atoms with E-state index in [0.717, 1.165) is 18.5 Å². The van der Waals surface area contributed by atoms with Gasteiger partial charge in [-0.3, -0.25) is 0 Å². The molecular formula is C12H20N2O. The zero-order chi connectivity index (χ0) is 10.8. The summed E-state index contributed by atoms with van der Waals surface area (Å²) in [6, 6.07) is 0.374. The lowest BCUT2D eigenvalue weighted by Gasteiger charge is -2.21. The van der Waals surface area contributed by atoms with Crippen LogP contribution in [-0.4, -0.2) is 14.7 Å². The monoisotopic (exact) mass is 208 g/mol. The highest BCUT2D eigenvalue weighted by Crippen LogP contribution is 2.35. The first-order chi connectivity index (χ1) is 7.20. The fraction of sp³-hybridized carbons (Fsp3) is 0.750. The standard InChI is InChI=1S/C12H20N2O/c1-9(2)14-8-13-7-11(14)12(15)10-5-3-4-6-10/h7-10,12,15H,3-6H2,1-2H3. The average molecular weight is 208 g/mol. The molecule has 1 heterocycles. The largest absolute Gasteiger partial charge is 0.387 e. The van der Waals surface area contributed by atoms with E-state index < -0.39 is 0 Å². The number of aromatic nitrogens is 2. The van der Waals surface area contributed by atoms with Crippen LogP contribution in [0.2, 0.25) is 0 Å². The van der Waals surface area contributed by atoms with Crippen molar-refractivity contribution in [3.8, 4) is 0 Å². The Bertz CT molecular complexity index is 313. The van der Waals surface area contributed by atoms with E-state index in [1.807, 2.05) is 12.5 Å². The van der Waals surface area contributed by atoms with Crippen molar-refractivity contribution < 1.29 is 5.11 Å². The van der Waals surface area contributed by atoms with Crippen LogP contribution < -0.4 is 0 Å². The summed E-state index contributed by atoms with van der Waals surface area (Å²) in [5, 5.41) is 10.3. The number of aliphatic hydroxyl groups excluding tert-OH is 1. The average Bonchev–Trinajstić information content (AvgIpc) is 2.88. The third kappa shape index (κ3) is 2.07. The zero-order valence-electron chi connectivity index (χ0n) is 9.56. The SMILES string of the molecule is CC(C)n1cncc1C(O)C1CCCC1. The summed E-state index contributed by atoms with van der Waals surface area (Å²) in [7, 11) is 0. The lowest BCUT2D eigenvalue weighted by atomic mass is 9.98. The molecule has 84 valence electrons. The number of hydrogen-bond donors (Lipinski definition) is 1. The van der Waals surface area contributed by atoms with Gasteiger partial charge in [-0.1, -0.05) is 12.8 Å². The molecule has 3 nitrogen and oxygen atoms in total. The molecule has 0 radical (unpaired) electrons. The van der Waals surface area contributed by atoms with Crippen LogP contribution in [0.3, 0.4) is 0 Å². The number of hydrogen-bond acceptors (Lipinski definition) is 2. The molecule has 1 aliphatic rings. The molecule has 3 heteroatoms. The summed E-state index contributed by atoms with van der Waals surface area (Å²) in [6.45, 7) is 4.24. The Hall–Kier alpha value is -0.830. The minimum atomic E-state index is -0.322. The van der Waals surface area contributed by atoms with Crippen molar-refractivity contribution >= 4 is 0 Å². The Balaban J connectivity index is 2.16. The van der Waals surface area contributed by atoms with Gasteiger partial charge in [0.15, 0.2) is 0 Å². The van der Waals surface area contributed by atoms with Crippen LogP contribution in [0.4, 0.5) is 0 Å². The van der Waals surface area contributed by atoms with E-state index in [0.29, 0.717) is 12.0 Å². The summed E-state index contributed by atoms with van der Waals surface area (Å²) in [5.74, 6) is 0.444. The van der Waals surface area contributed by atoms with E-state index in [9.17, 15) is 5.11 Å². The smallest absolute Gasteiger partial charge is 0.0983 e. The molecule has 1 fully saturated rings. The predicted molar refractivity (Wildman–Crippen MR) is 59.5 cm³/mol. The van der Waals surface area contributed by atoms with Gasteiger partial charge in [-0.2, -0.15) is 0 Å². The minimum Gasteiger partial charge on any atom is -0.387 e. The van der Waals surface area contributed by atoms with Gasteiger partial charge in [0.1, 0.15) is 0 Å². The van der Waals surface area contributed by atoms with E-state index >= 15 is 0 Å². The van der Waals surface area contributed by atoms with Gasteiger partial charge in [0, 0.05) is 6.04 Å². The van der Waals surface area contributed by atoms with Gasteiger partial charge in [-0.05, 0) is 32.6 Å². The van der Waals surface area contributed by atoms with Crippen LogP contribution in [0.5, 0.6) is 0 Å². The van der Waals surface area contributed by atoms with Gasteiger partial charge < -0.3 is 9.67 Å². The molecule has 0 aromatic carbocycles. The third-order valence-corrected chi connectivity index (χ3v) is 3.40. The van der Waals surface area contributed by atoms with Gasteiger partial charge in [-0.25, -0.2) is 4.98 Å². The molecule has 1 N–H and O–H groups in total.